The Morgan fingerprint density at radius 1 is 0.750 bits per heavy atom. The molecule has 10 rings (SSSR count). The Morgan fingerprint density at radius 3 is 1.96 bits per heavy atom. The van der Waals surface area contributed by atoms with E-state index in [-0.39, 0.29) is 37.8 Å². The predicted molar refractivity (Wildman–Crippen MR) is 261 cm³/mol. The maximum Gasteiger partial charge on any atom is 0.406 e. The SMILES string of the molecule is COc1ccc(C(OC[C@H]2O[C@@H](n3cnc4c(N)ncnc43)C[C@@H]2OP(=O)(NCCN2CCOCC2)OC[C@H]2O[C@@H](n3cnc4c(N)ncnc43)[C@H](OC)[C@@H]2O)(c2ccccc2)c2ccc(OC)cc2)cc1. The number of aromatic nitrogens is 8. The van der Waals surface area contributed by atoms with Crippen LogP contribution in [0.2, 0.25) is 0 Å². The fourth-order valence-electron chi connectivity index (χ4n) is 9.52. The van der Waals surface area contributed by atoms with Gasteiger partial charge in [-0.05, 0) is 41.0 Å². The first kappa shape index (κ1) is 49.4. The van der Waals surface area contributed by atoms with E-state index in [1.54, 1.807) is 29.7 Å². The fraction of sp³-hybridized carbons (Fsp3) is 0.417. The summed E-state index contributed by atoms with van der Waals surface area (Å²) >= 11 is 0. The number of nitrogens with two attached hydrogens (primary N) is 2. The lowest BCUT2D eigenvalue weighted by atomic mass is 9.80. The van der Waals surface area contributed by atoms with Crippen molar-refractivity contribution in [3.8, 4) is 11.5 Å². The van der Waals surface area contributed by atoms with Gasteiger partial charge in [0.1, 0.15) is 77.5 Å². The molecule has 0 saturated carbocycles. The summed E-state index contributed by atoms with van der Waals surface area (Å²) in [5.74, 6) is 1.71. The van der Waals surface area contributed by atoms with Crippen LogP contribution in [0.5, 0.6) is 11.5 Å². The topological polar surface area (TPSA) is 275 Å². The molecular formula is C48H57N12O11P. The number of hydrogen-bond donors (Lipinski definition) is 4. The minimum atomic E-state index is -4.35. The summed E-state index contributed by atoms with van der Waals surface area (Å²) in [7, 11) is 0.330. The van der Waals surface area contributed by atoms with Gasteiger partial charge in [-0.3, -0.25) is 23.1 Å². The van der Waals surface area contributed by atoms with Gasteiger partial charge < -0.3 is 49.7 Å². The molecule has 0 radical (unpaired) electrons. The van der Waals surface area contributed by atoms with E-state index < -0.39 is 56.3 Å². The molecule has 72 heavy (non-hydrogen) atoms. The third-order valence-corrected chi connectivity index (χ3v) is 14.9. The van der Waals surface area contributed by atoms with Gasteiger partial charge in [-0.25, -0.2) is 39.6 Å². The Bertz CT molecular complexity index is 2920. The lowest BCUT2D eigenvalue weighted by molar-refractivity contribution is -0.0924. The molecule has 380 valence electrons. The number of imidazole rings is 2. The first-order valence-corrected chi connectivity index (χ1v) is 25.0. The highest BCUT2D eigenvalue weighted by Crippen LogP contribution is 2.51. The Kier molecular flexibility index (Phi) is 14.7. The van der Waals surface area contributed by atoms with E-state index >= 15 is 4.57 Å². The summed E-state index contributed by atoms with van der Waals surface area (Å²) in [6, 6.07) is 25.2. The number of aliphatic hydroxyl groups excluding tert-OH is 1. The number of nitrogens with zero attached hydrogens (tertiary/aromatic N) is 9. The van der Waals surface area contributed by atoms with Crippen LogP contribution >= 0.6 is 7.75 Å². The molecule has 3 aliphatic rings. The lowest BCUT2D eigenvalue weighted by Crippen LogP contribution is -2.41. The normalized spacial score (nSPS) is 23.7. The van der Waals surface area contributed by atoms with Gasteiger partial charge >= 0.3 is 7.75 Å². The summed E-state index contributed by atoms with van der Waals surface area (Å²) in [4.78, 5) is 28.1. The number of methoxy groups -OCH3 is 3. The number of nitrogen functional groups attached to an aromatic ring is 2. The van der Waals surface area contributed by atoms with Crippen LogP contribution in [0.15, 0.2) is 104 Å². The minimum absolute atomic E-state index is 0.0970. The van der Waals surface area contributed by atoms with Crippen molar-refractivity contribution < 1.29 is 51.9 Å². The van der Waals surface area contributed by atoms with Crippen LogP contribution < -0.4 is 26.0 Å². The second-order valence-corrected chi connectivity index (χ2v) is 19.2. The third kappa shape index (κ3) is 9.85. The van der Waals surface area contributed by atoms with E-state index in [1.807, 2.05) is 78.9 Å². The number of morpholine rings is 1. The first-order valence-electron chi connectivity index (χ1n) is 23.5. The van der Waals surface area contributed by atoms with E-state index in [9.17, 15) is 5.11 Å². The Morgan fingerprint density at radius 2 is 1.35 bits per heavy atom. The molecule has 6 N–H and O–H groups in total. The highest BCUT2D eigenvalue weighted by Gasteiger charge is 2.49. The zero-order valence-electron chi connectivity index (χ0n) is 39.9. The number of anilines is 2. The van der Waals surface area contributed by atoms with Gasteiger partial charge in [-0.15, -0.1) is 0 Å². The van der Waals surface area contributed by atoms with Gasteiger partial charge in [-0.1, -0.05) is 54.6 Å². The minimum Gasteiger partial charge on any atom is -0.497 e. The van der Waals surface area contributed by atoms with Gasteiger partial charge in [0.2, 0.25) is 0 Å². The predicted octanol–water partition coefficient (Wildman–Crippen LogP) is 3.85. The number of benzene rings is 3. The molecule has 3 saturated heterocycles. The molecule has 1 unspecified atom stereocenters. The summed E-state index contributed by atoms with van der Waals surface area (Å²) in [5.41, 5.74) is 15.0. The fourth-order valence-corrected chi connectivity index (χ4v) is 11.0. The van der Waals surface area contributed by atoms with E-state index in [0.29, 0.717) is 66.7 Å². The van der Waals surface area contributed by atoms with Crippen LogP contribution in [0, 0.1) is 0 Å². The van der Waals surface area contributed by atoms with E-state index in [4.69, 9.17) is 53.7 Å². The molecule has 7 aromatic rings. The number of aliphatic hydroxyl groups is 1. The van der Waals surface area contributed by atoms with Crippen molar-refractivity contribution in [1.29, 1.82) is 0 Å². The van der Waals surface area contributed by atoms with Crippen LogP contribution in [0.4, 0.5) is 11.6 Å². The first-order chi connectivity index (χ1) is 35.1. The van der Waals surface area contributed by atoms with E-state index in [2.05, 4.69) is 39.9 Å². The quantitative estimate of drug-likeness (QED) is 0.0623. The second kappa shape index (κ2) is 21.5. The van der Waals surface area contributed by atoms with Gasteiger partial charge in [0, 0.05) is 39.7 Å². The van der Waals surface area contributed by atoms with Crippen LogP contribution in [0.1, 0.15) is 35.6 Å². The number of hydrogen-bond acceptors (Lipinski definition) is 20. The molecule has 24 heteroatoms. The smallest absolute Gasteiger partial charge is 0.406 e. The molecule has 3 fully saturated rings. The van der Waals surface area contributed by atoms with Crippen LogP contribution in [0.25, 0.3) is 22.3 Å². The number of fused-ring (bicyclic) bond motifs is 2. The molecule has 0 amide bonds. The van der Waals surface area contributed by atoms with Crippen molar-refractivity contribution in [2.45, 2.75) is 55.0 Å². The van der Waals surface area contributed by atoms with Crippen molar-refractivity contribution in [3.63, 3.8) is 0 Å². The molecule has 8 atom stereocenters. The largest absolute Gasteiger partial charge is 0.497 e. The maximum atomic E-state index is 15.5. The molecule has 3 aliphatic heterocycles. The Labute approximate surface area is 414 Å². The molecule has 0 bridgehead atoms. The molecule has 23 nitrogen and oxygen atoms in total. The molecule has 7 heterocycles. The summed E-state index contributed by atoms with van der Waals surface area (Å²) < 4.78 is 75.1. The standard InChI is InChI=1S/C48H57N12O11P/c1-63-33-13-9-31(10-14-33)48(30-7-5-4-6-8-30,32-11-15-34(64-2)16-12-32)67-24-36-35(23-38(69-36)59-28-55-39-43(49)51-26-53-45(39)59)71-72(62,57-17-18-58-19-21-66-22-20-58)68-25-37-41(61)42(65-3)47(70-37)60-29-56-40-44(50)52-27-54-46(40)60/h4-16,26-29,35-38,41-42,47,61H,17-25H2,1-3H3,(H,57,62)(H2,49,51,53)(H2,50,52,54)/t35-,36+,37+,38+,41+,42+,47+,72?/m0/s1. The monoisotopic (exact) mass is 1010 g/mol. The third-order valence-electron chi connectivity index (χ3n) is 13.3. The zero-order chi connectivity index (χ0) is 49.8. The Hall–Kier alpha value is -6.21. The summed E-state index contributed by atoms with van der Waals surface area (Å²) in [6.45, 7) is 2.80. The molecule has 0 aliphatic carbocycles. The van der Waals surface area contributed by atoms with Crippen LogP contribution in [-0.4, -0.2) is 154 Å². The molecule has 4 aromatic heterocycles. The average Bonchev–Trinajstić information content (AvgIpc) is 4.22. The van der Waals surface area contributed by atoms with Gasteiger partial charge in [0.15, 0.2) is 29.2 Å². The highest BCUT2D eigenvalue weighted by molar-refractivity contribution is 7.51. The molecular weight excluding hydrogens is 952 g/mol. The Balaban J connectivity index is 0.988. The van der Waals surface area contributed by atoms with E-state index in [0.717, 1.165) is 16.7 Å². The molecule has 3 aromatic carbocycles. The molecule has 0 spiro atoms. The van der Waals surface area contributed by atoms with Crippen molar-refractivity contribution in [3.05, 3.63) is 121 Å². The van der Waals surface area contributed by atoms with Crippen molar-refractivity contribution in [2.75, 3.05) is 85.4 Å². The van der Waals surface area contributed by atoms with E-state index in [1.165, 1.54) is 26.1 Å². The lowest BCUT2D eigenvalue weighted by Gasteiger charge is -2.37. The number of nitrogens with one attached hydrogen (secondary N) is 1. The van der Waals surface area contributed by atoms with Crippen molar-refractivity contribution >= 4 is 41.7 Å². The zero-order valence-corrected chi connectivity index (χ0v) is 40.8. The van der Waals surface area contributed by atoms with Crippen LogP contribution in [-0.2, 0) is 42.9 Å². The van der Waals surface area contributed by atoms with Gasteiger partial charge in [0.25, 0.3) is 0 Å². The summed E-state index contributed by atoms with van der Waals surface area (Å²) in [5, 5.41) is 14.8. The van der Waals surface area contributed by atoms with Crippen LogP contribution in [0.3, 0.4) is 0 Å². The van der Waals surface area contributed by atoms with Crippen molar-refractivity contribution in [1.82, 2.24) is 49.0 Å². The summed E-state index contributed by atoms with van der Waals surface area (Å²) in [6.07, 6.45) is -0.861. The maximum absolute atomic E-state index is 15.5. The highest BCUT2D eigenvalue weighted by atomic mass is 31.2. The second-order valence-electron chi connectivity index (χ2n) is 17.4. The van der Waals surface area contributed by atoms with Crippen molar-refractivity contribution in [2.24, 2.45) is 0 Å². The average molecular weight is 1010 g/mol. The van der Waals surface area contributed by atoms with Gasteiger partial charge in [-0.2, -0.15) is 0 Å². The van der Waals surface area contributed by atoms with Gasteiger partial charge in [0.05, 0.1) is 53.3 Å². The number of ether oxygens (including phenoxy) is 7. The number of rotatable bonds is 20.